The quantitative estimate of drug-likeness (QED) is 0.696. The number of aromatic nitrogens is 2. The number of hydrogen-bond donors (Lipinski definition) is 0. The fraction of sp³-hybridized carbons (Fsp3) is 0.286. The molecule has 0 radical (unpaired) electrons. The van der Waals surface area contributed by atoms with Gasteiger partial charge >= 0.3 is 19.5 Å². The summed E-state index contributed by atoms with van der Waals surface area (Å²) in [5, 5.41) is 0. The smallest absolute Gasteiger partial charge is 0.258 e. The van der Waals surface area contributed by atoms with Gasteiger partial charge in [-0.2, -0.15) is 0 Å². The molecule has 0 saturated carbocycles. The molecule has 2 aromatic rings. The Balaban J connectivity index is 0.000000284. The maximum atomic E-state index is 4.17. The topological polar surface area (TPSA) is 25.8 Å². The SMILES string of the molecule is Cc1cccc(C)n1.Cc1cccc(C)n1.[Ru+2]. The Kier molecular flexibility index (Phi) is 7.57. The van der Waals surface area contributed by atoms with Crippen LogP contribution in [0, 0.1) is 27.7 Å². The molecule has 2 nitrogen and oxygen atoms in total. The number of nitrogens with zero attached hydrogens (tertiary/aromatic N) is 2. The van der Waals surface area contributed by atoms with E-state index < -0.39 is 0 Å². The maximum absolute atomic E-state index is 4.17. The zero-order chi connectivity index (χ0) is 12.0. The fourth-order valence-electron chi connectivity index (χ4n) is 1.36. The summed E-state index contributed by atoms with van der Waals surface area (Å²) >= 11 is 0. The largest absolute Gasteiger partial charge is 2.00 e. The Morgan fingerprint density at radius 2 is 0.824 bits per heavy atom. The van der Waals surface area contributed by atoms with Crippen molar-refractivity contribution in [1.82, 2.24) is 9.97 Å². The zero-order valence-corrected chi connectivity index (χ0v) is 12.5. The molecule has 90 valence electrons. The number of aryl methyl sites for hydroxylation is 4. The van der Waals surface area contributed by atoms with Gasteiger partial charge in [-0.1, -0.05) is 12.1 Å². The predicted molar refractivity (Wildman–Crippen MR) is 67.4 cm³/mol. The van der Waals surface area contributed by atoms with Crippen molar-refractivity contribution in [3.8, 4) is 0 Å². The van der Waals surface area contributed by atoms with Crippen LogP contribution in [0.2, 0.25) is 0 Å². The molecule has 0 spiro atoms. The molecule has 0 aliphatic carbocycles. The molecule has 2 rings (SSSR count). The summed E-state index contributed by atoms with van der Waals surface area (Å²) in [6.07, 6.45) is 0. The molecule has 0 atom stereocenters. The van der Waals surface area contributed by atoms with Crippen LogP contribution in [-0.2, 0) is 19.5 Å². The van der Waals surface area contributed by atoms with Gasteiger partial charge in [0.2, 0.25) is 0 Å². The summed E-state index contributed by atoms with van der Waals surface area (Å²) < 4.78 is 0. The van der Waals surface area contributed by atoms with Crippen molar-refractivity contribution >= 4 is 0 Å². The minimum Gasteiger partial charge on any atom is -0.258 e. The third-order valence-corrected chi connectivity index (χ3v) is 2.06. The first-order chi connectivity index (χ1) is 7.58. The molecule has 0 aliphatic rings. The normalized spacial score (nSPS) is 8.71. The van der Waals surface area contributed by atoms with Crippen LogP contribution in [-0.4, -0.2) is 9.97 Å². The Labute approximate surface area is 116 Å². The fourth-order valence-corrected chi connectivity index (χ4v) is 1.36. The second-order valence-electron chi connectivity index (χ2n) is 3.84. The van der Waals surface area contributed by atoms with E-state index >= 15 is 0 Å². The van der Waals surface area contributed by atoms with Crippen LogP contribution in [0.25, 0.3) is 0 Å². The van der Waals surface area contributed by atoms with Gasteiger partial charge in [0, 0.05) is 22.8 Å². The van der Waals surface area contributed by atoms with Crippen molar-refractivity contribution in [2.75, 3.05) is 0 Å². The van der Waals surface area contributed by atoms with E-state index in [2.05, 4.69) is 9.97 Å². The van der Waals surface area contributed by atoms with E-state index in [1.54, 1.807) is 0 Å². The minimum absolute atomic E-state index is 0. The Morgan fingerprint density at radius 3 is 0.941 bits per heavy atom. The van der Waals surface area contributed by atoms with Crippen LogP contribution >= 0.6 is 0 Å². The molecule has 0 saturated heterocycles. The standard InChI is InChI=1S/2C7H9N.Ru/c2*1-6-4-3-5-7(2)8-6;/h2*3-5H,1-2H3;/q;;+2. The van der Waals surface area contributed by atoms with Gasteiger partial charge in [-0.05, 0) is 52.0 Å². The molecular weight excluding hydrogens is 297 g/mol. The Bertz CT molecular complexity index is 377. The summed E-state index contributed by atoms with van der Waals surface area (Å²) in [6, 6.07) is 12.0. The molecule has 0 fully saturated rings. The molecule has 2 aromatic heterocycles. The van der Waals surface area contributed by atoms with E-state index in [0.717, 1.165) is 22.8 Å². The molecule has 3 heteroatoms. The monoisotopic (exact) mass is 316 g/mol. The van der Waals surface area contributed by atoms with Crippen molar-refractivity contribution in [3.63, 3.8) is 0 Å². The van der Waals surface area contributed by atoms with E-state index in [1.807, 2.05) is 64.1 Å². The summed E-state index contributed by atoms with van der Waals surface area (Å²) in [6.45, 7) is 7.97. The van der Waals surface area contributed by atoms with Crippen LogP contribution in [0.5, 0.6) is 0 Å². The van der Waals surface area contributed by atoms with Crippen molar-refractivity contribution in [3.05, 3.63) is 59.2 Å². The van der Waals surface area contributed by atoms with Gasteiger partial charge in [-0.15, -0.1) is 0 Å². The van der Waals surface area contributed by atoms with Crippen LogP contribution < -0.4 is 0 Å². The minimum atomic E-state index is 0. The average Bonchev–Trinajstić information content (AvgIpc) is 2.17. The molecule has 0 aliphatic heterocycles. The van der Waals surface area contributed by atoms with Crippen molar-refractivity contribution in [2.45, 2.75) is 27.7 Å². The van der Waals surface area contributed by atoms with E-state index in [1.165, 1.54) is 0 Å². The third kappa shape index (κ3) is 6.96. The molecular formula is C14H18N2Ru+2. The molecule has 0 amide bonds. The Hall–Kier alpha value is -1.08. The molecule has 0 bridgehead atoms. The van der Waals surface area contributed by atoms with Gasteiger partial charge in [0.1, 0.15) is 0 Å². The van der Waals surface area contributed by atoms with Crippen LogP contribution in [0.4, 0.5) is 0 Å². The molecule has 2 heterocycles. The molecule has 17 heavy (non-hydrogen) atoms. The maximum Gasteiger partial charge on any atom is 2.00 e. The van der Waals surface area contributed by atoms with Crippen LogP contribution in [0.3, 0.4) is 0 Å². The molecule has 0 N–H and O–H groups in total. The average molecular weight is 315 g/mol. The molecule has 0 aromatic carbocycles. The second-order valence-corrected chi connectivity index (χ2v) is 3.84. The number of pyridine rings is 2. The van der Waals surface area contributed by atoms with Gasteiger partial charge in [-0.25, -0.2) is 0 Å². The van der Waals surface area contributed by atoms with Gasteiger partial charge < -0.3 is 0 Å². The van der Waals surface area contributed by atoms with E-state index in [4.69, 9.17) is 0 Å². The number of hydrogen-bond acceptors (Lipinski definition) is 2. The predicted octanol–water partition coefficient (Wildman–Crippen LogP) is 3.39. The van der Waals surface area contributed by atoms with E-state index in [-0.39, 0.29) is 19.5 Å². The first-order valence-electron chi connectivity index (χ1n) is 5.38. The number of rotatable bonds is 0. The Morgan fingerprint density at radius 1 is 0.588 bits per heavy atom. The first-order valence-corrected chi connectivity index (χ1v) is 5.38. The summed E-state index contributed by atoms with van der Waals surface area (Å²) in [7, 11) is 0. The van der Waals surface area contributed by atoms with E-state index in [9.17, 15) is 0 Å². The van der Waals surface area contributed by atoms with E-state index in [0.29, 0.717) is 0 Å². The molecule has 0 unspecified atom stereocenters. The van der Waals surface area contributed by atoms with Crippen molar-refractivity contribution < 1.29 is 19.5 Å². The van der Waals surface area contributed by atoms with Crippen LogP contribution in [0.15, 0.2) is 36.4 Å². The first kappa shape index (κ1) is 15.9. The van der Waals surface area contributed by atoms with Gasteiger partial charge in [0.15, 0.2) is 0 Å². The zero-order valence-electron chi connectivity index (χ0n) is 10.7. The van der Waals surface area contributed by atoms with Gasteiger partial charge in [0.05, 0.1) is 0 Å². The summed E-state index contributed by atoms with van der Waals surface area (Å²) in [5.74, 6) is 0. The third-order valence-electron chi connectivity index (χ3n) is 2.06. The van der Waals surface area contributed by atoms with Gasteiger partial charge in [0.25, 0.3) is 0 Å². The summed E-state index contributed by atoms with van der Waals surface area (Å²) in [5.41, 5.74) is 4.35. The second kappa shape index (κ2) is 8.08. The van der Waals surface area contributed by atoms with Gasteiger partial charge in [-0.3, -0.25) is 9.97 Å². The van der Waals surface area contributed by atoms with Crippen molar-refractivity contribution in [1.29, 1.82) is 0 Å². The van der Waals surface area contributed by atoms with Crippen molar-refractivity contribution in [2.24, 2.45) is 0 Å². The summed E-state index contributed by atoms with van der Waals surface area (Å²) in [4.78, 5) is 8.35. The van der Waals surface area contributed by atoms with Crippen LogP contribution in [0.1, 0.15) is 22.8 Å².